The molecule has 0 rings (SSSR count). The van der Waals surface area contributed by atoms with Crippen LogP contribution >= 0.6 is 17.0 Å². The van der Waals surface area contributed by atoms with Gasteiger partial charge >= 0.3 is 11.9 Å². The summed E-state index contributed by atoms with van der Waals surface area (Å²) in [6, 6.07) is 0. The zero-order valence-electron chi connectivity index (χ0n) is 8.10. The number of hydrogen-bond donors (Lipinski definition) is 2. The Morgan fingerprint density at radius 2 is 1.73 bits per heavy atom. The van der Waals surface area contributed by atoms with Gasteiger partial charge in [0, 0.05) is 6.42 Å². The number of ketones is 1. The average molecular weight is 284 g/mol. The van der Waals surface area contributed by atoms with Gasteiger partial charge in [-0.05, 0) is 0 Å². The van der Waals surface area contributed by atoms with E-state index in [1.54, 1.807) is 0 Å². The maximum atomic E-state index is 10.8. The van der Waals surface area contributed by atoms with Crippen LogP contribution in [0.15, 0.2) is 0 Å². The average Bonchev–Trinajstić information content (AvgIpc) is 2.13. The Bertz CT molecular complexity index is 231. The zero-order chi connectivity index (χ0) is 11.0. The Morgan fingerprint density at radius 1 is 1.13 bits per heavy atom. The molecule has 0 aromatic heterocycles. The highest BCUT2D eigenvalue weighted by Crippen LogP contribution is 1.94. The molecule has 15 heavy (non-hydrogen) atoms. The minimum absolute atomic E-state index is 0. The molecule has 88 valence electrons. The molecular weight excluding hydrogens is 270 g/mol. The second-order valence-corrected chi connectivity index (χ2v) is 2.61. The molecule has 0 amide bonds. The van der Waals surface area contributed by atoms with E-state index in [2.05, 4.69) is 4.74 Å². The molecule has 0 heterocycles. The fourth-order valence-electron chi connectivity index (χ4n) is 0.668. The Hall–Kier alpha value is -0.950. The molecule has 6 nitrogen and oxygen atoms in total. The van der Waals surface area contributed by atoms with Crippen LogP contribution in [0.4, 0.5) is 0 Å². The number of halogens is 1. The van der Waals surface area contributed by atoms with Crippen LogP contribution in [0.5, 0.6) is 0 Å². The minimum Gasteiger partial charge on any atom is -0.481 e. The van der Waals surface area contributed by atoms with Gasteiger partial charge in [-0.2, -0.15) is 0 Å². The van der Waals surface area contributed by atoms with Crippen molar-refractivity contribution in [1.29, 1.82) is 0 Å². The second-order valence-electron chi connectivity index (χ2n) is 2.61. The number of hydrogen-bond acceptors (Lipinski definition) is 5. The monoisotopic (exact) mass is 283 g/mol. The van der Waals surface area contributed by atoms with E-state index < -0.39 is 11.9 Å². The second kappa shape index (κ2) is 9.60. The van der Waals surface area contributed by atoms with E-state index in [1.165, 1.54) is 0 Å². The smallest absolute Gasteiger partial charge is 0.306 e. The van der Waals surface area contributed by atoms with E-state index in [0.29, 0.717) is 0 Å². The number of rotatable bonds is 7. The number of aliphatic carboxylic acids is 1. The van der Waals surface area contributed by atoms with Crippen molar-refractivity contribution in [1.82, 2.24) is 0 Å². The first kappa shape index (κ1) is 16.5. The van der Waals surface area contributed by atoms with E-state index in [4.69, 9.17) is 10.8 Å². The predicted octanol–water partition coefficient (Wildman–Crippen LogP) is -0.110. The predicted molar refractivity (Wildman–Crippen MR) is 56.8 cm³/mol. The van der Waals surface area contributed by atoms with Gasteiger partial charge in [0.05, 0.1) is 19.4 Å². The summed E-state index contributed by atoms with van der Waals surface area (Å²) >= 11 is 0. The highest BCUT2D eigenvalue weighted by Gasteiger charge is 2.07. The Kier molecular flexibility index (Phi) is 10.5. The summed E-state index contributed by atoms with van der Waals surface area (Å²) in [5.74, 6) is -1.83. The number of esters is 1. The summed E-state index contributed by atoms with van der Waals surface area (Å²) in [6.45, 7) is -0.257. The SMILES string of the molecule is Br.NCC(=O)CCC(=O)OCCC(=O)O. The van der Waals surface area contributed by atoms with Crippen LogP contribution in [-0.2, 0) is 19.1 Å². The molecule has 0 radical (unpaired) electrons. The molecule has 0 aromatic carbocycles. The van der Waals surface area contributed by atoms with Crippen LogP contribution in [0.1, 0.15) is 19.3 Å². The maximum absolute atomic E-state index is 10.8. The van der Waals surface area contributed by atoms with Crippen molar-refractivity contribution in [3.8, 4) is 0 Å². The first-order valence-electron chi connectivity index (χ1n) is 4.15. The summed E-state index contributed by atoms with van der Waals surface area (Å²) in [6.07, 6.45) is -0.228. The Labute approximate surface area is 97.5 Å². The molecule has 0 fully saturated rings. The molecule has 0 aliphatic heterocycles. The lowest BCUT2D eigenvalue weighted by Gasteiger charge is -2.01. The molecule has 0 aliphatic rings. The third-order valence-electron chi connectivity index (χ3n) is 1.41. The number of ether oxygens (including phenoxy) is 1. The fraction of sp³-hybridized carbons (Fsp3) is 0.625. The Balaban J connectivity index is 0. The molecule has 0 unspecified atom stereocenters. The summed E-state index contributed by atoms with van der Waals surface area (Å²) in [5.41, 5.74) is 5.02. The van der Waals surface area contributed by atoms with Crippen LogP contribution in [0.2, 0.25) is 0 Å². The molecule has 0 atom stereocenters. The van der Waals surface area contributed by atoms with E-state index in [9.17, 15) is 14.4 Å². The van der Waals surface area contributed by atoms with Crippen LogP contribution in [-0.4, -0.2) is 36.0 Å². The number of carbonyl (C=O) groups is 3. The van der Waals surface area contributed by atoms with Crippen molar-refractivity contribution in [2.75, 3.05) is 13.2 Å². The summed E-state index contributed by atoms with van der Waals surface area (Å²) in [7, 11) is 0. The molecule has 7 heteroatoms. The van der Waals surface area contributed by atoms with Crippen molar-refractivity contribution in [2.45, 2.75) is 19.3 Å². The molecule has 0 bridgehead atoms. The van der Waals surface area contributed by atoms with Crippen molar-refractivity contribution in [3.05, 3.63) is 0 Å². The fourth-order valence-corrected chi connectivity index (χ4v) is 0.668. The number of carboxylic acids is 1. The molecule has 0 aromatic rings. The van der Waals surface area contributed by atoms with Gasteiger partial charge in [-0.15, -0.1) is 17.0 Å². The van der Waals surface area contributed by atoms with Crippen molar-refractivity contribution in [3.63, 3.8) is 0 Å². The summed E-state index contributed by atoms with van der Waals surface area (Å²) < 4.78 is 4.53. The van der Waals surface area contributed by atoms with Crippen molar-refractivity contribution >= 4 is 34.7 Å². The highest BCUT2D eigenvalue weighted by molar-refractivity contribution is 8.93. The molecule has 0 saturated heterocycles. The minimum atomic E-state index is -1.03. The molecular formula is C8H14BrNO5. The van der Waals surface area contributed by atoms with Gasteiger partial charge < -0.3 is 15.6 Å². The first-order chi connectivity index (χ1) is 6.56. The maximum Gasteiger partial charge on any atom is 0.306 e. The van der Waals surface area contributed by atoms with E-state index >= 15 is 0 Å². The summed E-state index contributed by atoms with van der Waals surface area (Å²) in [5, 5.41) is 8.22. The zero-order valence-corrected chi connectivity index (χ0v) is 9.81. The van der Waals surface area contributed by atoms with Gasteiger partial charge in [-0.25, -0.2) is 0 Å². The van der Waals surface area contributed by atoms with E-state index in [-0.39, 0.29) is 55.2 Å². The van der Waals surface area contributed by atoms with Gasteiger partial charge in [0.1, 0.15) is 12.4 Å². The van der Waals surface area contributed by atoms with Crippen molar-refractivity contribution in [2.24, 2.45) is 5.73 Å². The van der Waals surface area contributed by atoms with Crippen molar-refractivity contribution < 1.29 is 24.2 Å². The summed E-state index contributed by atoms with van der Waals surface area (Å²) in [4.78, 5) is 31.5. The van der Waals surface area contributed by atoms with Crippen LogP contribution in [0, 0.1) is 0 Å². The van der Waals surface area contributed by atoms with E-state index in [1.807, 2.05) is 0 Å². The molecule has 0 saturated carbocycles. The highest BCUT2D eigenvalue weighted by atomic mass is 79.9. The molecule has 3 N–H and O–H groups in total. The third-order valence-corrected chi connectivity index (χ3v) is 1.41. The first-order valence-corrected chi connectivity index (χ1v) is 4.15. The van der Waals surface area contributed by atoms with Gasteiger partial charge in [0.2, 0.25) is 0 Å². The lowest BCUT2D eigenvalue weighted by Crippen LogP contribution is -2.16. The quantitative estimate of drug-likeness (QED) is 0.632. The van der Waals surface area contributed by atoms with Gasteiger partial charge in [-0.1, -0.05) is 0 Å². The van der Waals surface area contributed by atoms with Gasteiger partial charge in [-0.3, -0.25) is 14.4 Å². The largest absolute Gasteiger partial charge is 0.481 e. The number of Topliss-reactive ketones (excluding diaryl/α,β-unsaturated/α-hetero) is 1. The normalized spacial score (nSPS) is 8.87. The van der Waals surface area contributed by atoms with Crippen LogP contribution in [0.25, 0.3) is 0 Å². The molecule has 0 aliphatic carbocycles. The standard InChI is InChI=1S/C8H13NO5.BrH/c9-5-6(10)1-2-8(13)14-4-3-7(11)12;/h1-5,9H2,(H,11,12);1H. The lowest BCUT2D eigenvalue weighted by molar-refractivity contribution is -0.147. The van der Waals surface area contributed by atoms with Gasteiger partial charge in [0.25, 0.3) is 0 Å². The number of carbonyl (C=O) groups excluding carboxylic acids is 2. The molecule has 0 spiro atoms. The van der Waals surface area contributed by atoms with E-state index in [0.717, 1.165) is 0 Å². The lowest BCUT2D eigenvalue weighted by atomic mass is 10.2. The number of nitrogens with two attached hydrogens (primary N) is 1. The van der Waals surface area contributed by atoms with Gasteiger partial charge in [0.15, 0.2) is 0 Å². The third kappa shape index (κ3) is 11.0. The van der Waals surface area contributed by atoms with Crippen LogP contribution < -0.4 is 5.73 Å². The Morgan fingerprint density at radius 3 is 2.20 bits per heavy atom. The number of carboxylic acid groups (broad SMARTS) is 1. The topological polar surface area (TPSA) is 107 Å². The van der Waals surface area contributed by atoms with Crippen LogP contribution in [0.3, 0.4) is 0 Å².